The number of fused-ring (bicyclic) bond motifs is 1. The molecule has 0 saturated carbocycles. The Balaban J connectivity index is 2.27. The van der Waals surface area contributed by atoms with Gasteiger partial charge in [0, 0.05) is 19.3 Å². The van der Waals surface area contributed by atoms with Gasteiger partial charge in [0.25, 0.3) is 5.56 Å². The van der Waals surface area contributed by atoms with Gasteiger partial charge in [-0.3, -0.25) is 9.89 Å². The van der Waals surface area contributed by atoms with E-state index in [-0.39, 0.29) is 5.56 Å². The third-order valence-corrected chi connectivity index (χ3v) is 4.37. The lowest BCUT2D eigenvalue weighted by atomic mass is 9.94. The van der Waals surface area contributed by atoms with Crippen molar-refractivity contribution in [3.8, 4) is 11.4 Å². The van der Waals surface area contributed by atoms with Crippen LogP contribution in [-0.4, -0.2) is 19.3 Å². The molecule has 0 fully saturated rings. The molecule has 0 saturated heterocycles. The highest BCUT2D eigenvalue weighted by Gasteiger charge is 2.19. The molecular weight excluding hydrogens is 272 g/mol. The van der Waals surface area contributed by atoms with E-state index in [4.69, 9.17) is 12.2 Å². The highest BCUT2D eigenvalue weighted by Crippen LogP contribution is 2.23. The zero-order valence-electron chi connectivity index (χ0n) is 11.8. The molecule has 6 heteroatoms. The van der Waals surface area contributed by atoms with E-state index in [0.717, 1.165) is 19.3 Å². The van der Waals surface area contributed by atoms with Gasteiger partial charge in [-0.2, -0.15) is 5.10 Å². The van der Waals surface area contributed by atoms with Crippen LogP contribution in [0.5, 0.6) is 0 Å². The SMILES string of the molecule is CCn1c(-c2cc3c(n(C)c2=O)CCCC3)n[nH]c1=S. The van der Waals surface area contributed by atoms with Gasteiger partial charge in [0.2, 0.25) is 0 Å². The number of aromatic amines is 1. The van der Waals surface area contributed by atoms with Crippen molar-refractivity contribution in [2.45, 2.75) is 39.2 Å². The highest BCUT2D eigenvalue weighted by atomic mass is 32.1. The van der Waals surface area contributed by atoms with Gasteiger partial charge in [-0.1, -0.05) is 0 Å². The summed E-state index contributed by atoms with van der Waals surface area (Å²) >= 11 is 5.21. The number of aryl methyl sites for hydroxylation is 1. The summed E-state index contributed by atoms with van der Waals surface area (Å²) in [7, 11) is 1.85. The fourth-order valence-corrected chi connectivity index (χ4v) is 3.23. The van der Waals surface area contributed by atoms with E-state index >= 15 is 0 Å². The van der Waals surface area contributed by atoms with Gasteiger partial charge < -0.3 is 9.13 Å². The first kappa shape index (κ1) is 13.3. The first-order valence-corrected chi connectivity index (χ1v) is 7.41. The molecule has 0 bridgehead atoms. The molecule has 0 atom stereocenters. The molecule has 3 rings (SSSR count). The molecule has 0 amide bonds. The van der Waals surface area contributed by atoms with Crippen molar-refractivity contribution in [1.29, 1.82) is 0 Å². The molecule has 5 nitrogen and oxygen atoms in total. The van der Waals surface area contributed by atoms with E-state index in [9.17, 15) is 4.79 Å². The molecule has 0 aliphatic heterocycles. The lowest BCUT2D eigenvalue weighted by Crippen LogP contribution is -2.26. The van der Waals surface area contributed by atoms with Crippen molar-refractivity contribution >= 4 is 12.2 Å². The largest absolute Gasteiger partial charge is 0.315 e. The molecule has 2 heterocycles. The lowest BCUT2D eigenvalue weighted by Gasteiger charge is -2.20. The molecule has 0 spiro atoms. The number of H-pyrrole nitrogens is 1. The van der Waals surface area contributed by atoms with Crippen molar-refractivity contribution in [3.63, 3.8) is 0 Å². The Morgan fingerprint density at radius 1 is 1.40 bits per heavy atom. The van der Waals surface area contributed by atoms with E-state index in [0.29, 0.717) is 22.7 Å². The lowest BCUT2D eigenvalue weighted by molar-refractivity contribution is 0.623. The zero-order valence-corrected chi connectivity index (χ0v) is 12.6. The average molecular weight is 290 g/mol. The van der Waals surface area contributed by atoms with Gasteiger partial charge in [0.15, 0.2) is 10.6 Å². The van der Waals surface area contributed by atoms with Crippen LogP contribution in [0.15, 0.2) is 10.9 Å². The molecule has 1 aliphatic rings. The van der Waals surface area contributed by atoms with Crippen molar-refractivity contribution in [2.75, 3.05) is 0 Å². The molecular formula is C14H18N4OS. The average Bonchev–Trinajstić information content (AvgIpc) is 2.83. The van der Waals surface area contributed by atoms with Gasteiger partial charge in [0.1, 0.15) is 0 Å². The second kappa shape index (κ2) is 5.01. The van der Waals surface area contributed by atoms with Gasteiger partial charge >= 0.3 is 0 Å². The van der Waals surface area contributed by atoms with Crippen LogP contribution in [-0.2, 0) is 26.4 Å². The molecule has 1 N–H and O–H groups in total. The fourth-order valence-electron chi connectivity index (χ4n) is 2.97. The molecule has 20 heavy (non-hydrogen) atoms. The Morgan fingerprint density at radius 2 is 2.15 bits per heavy atom. The fraction of sp³-hybridized carbons (Fsp3) is 0.500. The third-order valence-electron chi connectivity index (χ3n) is 4.05. The van der Waals surface area contributed by atoms with Crippen LogP contribution in [0.4, 0.5) is 0 Å². The number of aromatic nitrogens is 4. The summed E-state index contributed by atoms with van der Waals surface area (Å²) in [6.45, 7) is 2.70. The maximum atomic E-state index is 12.6. The number of hydrogen-bond donors (Lipinski definition) is 1. The first-order chi connectivity index (χ1) is 9.63. The Labute approximate surface area is 122 Å². The van der Waals surface area contributed by atoms with Crippen LogP contribution in [0.25, 0.3) is 11.4 Å². The molecule has 0 unspecified atom stereocenters. The van der Waals surface area contributed by atoms with Gasteiger partial charge in [0.05, 0.1) is 5.56 Å². The third kappa shape index (κ3) is 1.95. The number of hydrogen-bond acceptors (Lipinski definition) is 3. The molecule has 0 radical (unpaired) electrons. The predicted molar refractivity (Wildman–Crippen MR) is 80.4 cm³/mol. The summed E-state index contributed by atoms with van der Waals surface area (Å²) in [5.74, 6) is 0.645. The van der Waals surface area contributed by atoms with Crippen molar-refractivity contribution in [1.82, 2.24) is 19.3 Å². The quantitative estimate of drug-likeness (QED) is 0.863. The van der Waals surface area contributed by atoms with E-state index in [1.54, 1.807) is 4.57 Å². The minimum absolute atomic E-state index is 0.00866. The van der Waals surface area contributed by atoms with Crippen LogP contribution in [0, 0.1) is 4.77 Å². The monoisotopic (exact) mass is 290 g/mol. The second-order valence-corrected chi connectivity index (χ2v) is 5.58. The van der Waals surface area contributed by atoms with E-state index in [1.165, 1.54) is 17.7 Å². The van der Waals surface area contributed by atoms with Crippen LogP contribution in [0.1, 0.15) is 31.0 Å². The van der Waals surface area contributed by atoms with E-state index in [1.807, 2.05) is 24.6 Å². The van der Waals surface area contributed by atoms with Crippen molar-refractivity contribution in [3.05, 3.63) is 32.4 Å². The highest BCUT2D eigenvalue weighted by molar-refractivity contribution is 7.71. The summed E-state index contributed by atoms with van der Waals surface area (Å²) in [6, 6.07) is 2.01. The van der Waals surface area contributed by atoms with E-state index < -0.39 is 0 Å². The molecule has 0 aromatic carbocycles. The minimum Gasteiger partial charge on any atom is -0.315 e. The predicted octanol–water partition coefficient (Wildman–Crippen LogP) is 2.21. The maximum Gasteiger partial charge on any atom is 0.261 e. The van der Waals surface area contributed by atoms with Crippen LogP contribution in [0.2, 0.25) is 0 Å². The van der Waals surface area contributed by atoms with Gasteiger partial charge in [-0.05, 0) is 56.5 Å². The molecule has 2 aromatic heterocycles. The summed E-state index contributed by atoms with van der Waals surface area (Å²) in [5, 5.41) is 7.02. The Kier molecular flexibility index (Phi) is 3.33. The Bertz CT molecular complexity index is 768. The van der Waals surface area contributed by atoms with Crippen LogP contribution >= 0.6 is 12.2 Å². The summed E-state index contributed by atoms with van der Waals surface area (Å²) < 4.78 is 4.20. The Hall–Kier alpha value is -1.69. The molecule has 106 valence electrons. The van der Waals surface area contributed by atoms with Crippen LogP contribution < -0.4 is 5.56 Å². The standard InChI is InChI=1S/C14H18N4OS/c1-3-18-12(15-16-14(18)20)10-8-9-6-4-5-7-11(9)17(2)13(10)19/h8H,3-7H2,1-2H3,(H,16,20). The first-order valence-electron chi connectivity index (χ1n) is 7.00. The normalized spacial score (nSPS) is 14.3. The van der Waals surface area contributed by atoms with Crippen molar-refractivity contribution in [2.24, 2.45) is 7.05 Å². The number of rotatable bonds is 2. The number of nitrogens with zero attached hydrogens (tertiary/aromatic N) is 3. The summed E-state index contributed by atoms with van der Waals surface area (Å²) in [6.07, 6.45) is 4.37. The summed E-state index contributed by atoms with van der Waals surface area (Å²) in [5.41, 5.74) is 3.09. The van der Waals surface area contributed by atoms with Gasteiger partial charge in [-0.25, -0.2) is 0 Å². The van der Waals surface area contributed by atoms with Crippen LogP contribution in [0.3, 0.4) is 0 Å². The topological polar surface area (TPSA) is 55.6 Å². The minimum atomic E-state index is 0.00866. The Morgan fingerprint density at radius 3 is 2.90 bits per heavy atom. The van der Waals surface area contributed by atoms with Crippen molar-refractivity contribution < 1.29 is 0 Å². The maximum absolute atomic E-state index is 12.6. The van der Waals surface area contributed by atoms with E-state index in [2.05, 4.69) is 10.2 Å². The second-order valence-electron chi connectivity index (χ2n) is 5.20. The molecule has 2 aromatic rings. The zero-order chi connectivity index (χ0) is 14.3. The number of pyridine rings is 1. The number of nitrogens with one attached hydrogen (secondary N) is 1. The summed E-state index contributed by atoms with van der Waals surface area (Å²) in [4.78, 5) is 12.6. The molecule has 1 aliphatic carbocycles. The van der Waals surface area contributed by atoms with Gasteiger partial charge in [-0.15, -0.1) is 0 Å². The smallest absolute Gasteiger partial charge is 0.261 e.